The van der Waals surface area contributed by atoms with Crippen molar-refractivity contribution >= 4 is 17.7 Å². The Morgan fingerprint density at radius 2 is 2.33 bits per heavy atom. The van der Waals surface area contributed by atoms with Crippen LogP contribution in [0.15, 0.2) is 23.1 Å². The van der Waals surface area contributed by atoms with E-state index in [0.717, 1.165) is 18.4 Å². The summed E-state index contributed by atoms with van der Waals surface area (Å²) in [5, 5.41) is 9.03. The number of hydrogen-bond acceptors (Lipinski definition) is 3. The molecule has 0 radical (unpaired) electrons. The predicted molar refractivity (Wildman–Crippen MR) is 70.0 cm³/mol. The summed E-state index contributed by atoms with van der Waals surface area (Å²) in [6, 6.07) is 6.32. The van der Waals surface area contributed by atoms with Gasteiger partial charge in [0.2, 0.25) is 0 Å². The summed E-state index contributed by atoms with van der Waals surface area (Å²) in [5.74, 6) is 0.394. The molecule has 18 heavy (non-hydrogen) atoms. The van der Waals surface area contributed by atoms with Crippen molar-refractivity contribution in [1.82, 2.24) is 0 Å². The van der Waals surface area contributed by atoms with Gasteiger partial charge in [-0.2, -0.15) is 0 Å². The quantitative estimate of drug-likeness (QED) is 0.912. The van der Waals surface area contributed by atoms with Gasteiger partial charge in [0.05, 0.1) is 13.0 Å². The second-order valence-corrected chi connectivity index (χ2v) is 6.07. The molecule has 0 aromatic heterocycles. The van der Waals surface area contributed by atoms with Crippen molar-refractivity contribution < 1.29 is 14.6 Å². The van der Waals surface area contributed by atoms with E-state index in [0.29, 0.717) is 6.61 Å². The zero-order valence-corrected chi connectivity index (χ0v) is 11.0. The van der Waals surface area contributed by atoms with Crippen molar-refractivity contribution in [2.24, 2.45) is 0 Å². The van der Waals surface area contributed by atoms with Gasteiger partial charge in [-0.15, -0.1) is 11.8 Å². The molecule has 1 saturated heterocycles. The third-order valence-electron chi connectivity index (χ3n) is 3.76. The van der Waals surface area contributed by atoms with E-state index < -0.39 is 11.6 Å². The Hall–Kier alpha value is -1.00. The van der Waals surface area contributed by atoms with Crippen molar-refractivity contribution in [2.75, 3.05) is 12.4 Å². The topological polar surface area (TPSA) is 46.5 Å². The highest BCUT2D eigenvalue weighted by Crippen LogP contribution is 2.42. The molecular formula is C14H16O3S. The second kappa shape index (κ2) is 4.59. The number of carboxylic acids is 1. The van der Waals surface area contributed by atoms with Gasteiger partial charge in [0, 0.05) is 11.3 Å². The maximum Gasteiger partial charge on any atom is 0.306 e. The van der Waals surface area contributed by atoms with Crippen LogP contribution in [-0.2, 0) is 21.6 Å². The molecule has 3 rings (SSSR count). The zero-order valence-electron chi connectivity index (χ0n) is 10.1. The highest BCUT2D eigenvalue weighted by molar-refractivity contribution is 7.99. The number of aliphatic carboxylic acids is 1. The highest BCUT2D eigenvalue weighted by Gasteiger charge is 2.42. The van der Waals surface area contributed by atoms with Crippen molar-refractivity contribution in [2.45, 2.75) is 36.2 Å². The van der Waals surface area contributed by atoms with Crippen LogP contribution in [0.5, 0.6) is 0 Å². The molecule has 1 aromatic rings. The van der Waals surface area contributed by atoms with Gasteiger partial charge in [-0.3, -0.25) is 4.79 Å². The van der Waals surface area contributed by atoms with E-state index in [4.69, 9.17) is 9.84 Å². The van der Waals surface area contributed by atoms with Gasteiger partial charge in [0.1, 0.15) is 5.60 Å². The molecule has 4 heteroatoms. The Bertz CT molecular complexity index is 480. The molecule has 2 aliphatic rings. The van der Waals surface area contributed by atoms with Crippen molar-refractivity contribution in [3.05, 3.63) is 29.3 Å². The lowest BCUT2D eigenvalue weighted by Crippen LogP contribution is -2.42. The maximum atomic E-state index is 11.0. The fraction of sp³-hybridized carbons (Fsp3) is 0.500. The minimum Gasteiger partial charge on any atom is -0.481 e. The largest absolute Gasteiger partial charge is 0.481 e. The summed E-state index contributed by atoms with van der Waals surface area (Å²) in [6.07, 6.45) is 3.18. The standard InChI is InChI=1S/C14H16O3S/c15-13(16)9-14(5-6-17-14)11-3-4-12-10(8-11)2-1-7-18-12/h3-4,8H,1-2,5-7,9H2,(H,15,16). The minimum atomic E-state index is -0.790. The third kappa shape index (κ3) is 2.04. The van der Waals surface area contributed by atoms with E-state index >= 15 is 0 Å². The van der Waals surface area contributed by atoms with E-state index in [1.54, 1.807) is 0 Å². The predicted octanol–water partition coefficient (Wildman–Crippen LogP) is 2.82. The fourth-order valence-electron chi connectivity index (χ4n) is 2.71. The molecule has 96 valence electrons. The number of rotatable bonds is 3. The summed E-state index contributed by atoms with van der Waals surface area (Å²) in [7, 11) is 0. The van der Waals surface area contributed by atoms with Crippen LogP contribution in [0.4, 0.5) is 0 Å². The molecule has 0 spiro atoms. The SMILES string of the molecule is O=C(O)CC1(c2ccc3c(c2)CCCS3)CCO1. The second-order valence-electron chi connectivity index (χ2n) is 4.94. The fourth-order valence-corrected chi connectivity index (χ4v) is 3.72. The van der Waals surface area contributed by atoms with Gasteiger partial charge in [0.15, 0.2) is 0 Å². The molecular weight excluding hydrogens is 248 g/mol. The first-order valence-corrected chi connectivity index (χ1v) is 7.30. The Morgan fingerprint density at radius 3 is 3.00 bits per heavy atom. The zero-order chi connectivity index (χ0) is 12.6. The number of aryl methyl sites for hydroxylation is 1. The molecule has 1 N–H and O–H groups in total. The summed E-state index contributed by atoms with van der Waals surface area (Å²) in [6.45, 7) is 0.666. The molecule has 1 fully saturated rings. The highest BCUT2D eigenvalue weighted by atomic mass is 32.2. The summed E-state index contributed by atoms with van der Waals surface area (Å²) >= 11 is 1.89. The van der Waals surface area contributed by atoms with E-state index in [9.17, 15) is 4.79 Å². The number of hydrogen-bond donors (Lipinski definition) is 1. The van der Waals surface area contributed by atoms with Gasteiger partial charge < -0.3 is 9.84 Å². The summed E-state index contributed by atoms with van der Waals surface area (Å²) < 4.78 is 5.62. The number of carbonyl (C=O) groups is 1. The average Bonchev–Trinajstić information content (AvgIpc) is 2.33. The molecule has 2 aliphatic heterocycles. The first kappa shape index (κ1) is 12.1. The van der Waals surface area contributed by atoms with Gasteiger partial charge >= 0.3 is 5.97 Å². The normalized spacial score (nSPS) is 26.2. The Balaban J connectivity index is 1.93. The van der Waals surface area contributed by atoms with E-state index in [1.807, 2.05) is 17.8 Å². The number of thioether (sulfide) groups is 1. The number of fused-ring (bicyclic) bond motifs is 1. The smallest absolute Gasteiger partial charge is 0.306 e. The van der Waals surface area contributed by atoms with Gasteiger partial charge in [0.25, 0.3) is 0 Å². The summed E-state index contributed by atoms with van der Waals surface area (Å²) in [4.78, 5) is 12.3. The van der Waals surface area contributed by atoms with Crippen LogP contribution in [0.3, 0.4) is 0 Å². The van der Waals surface area contributed by atoms with Crippen molar-refractivity contribution in [3.8, 4) is 0 Å². The van der Waals surface area contributed by atoms with Crippen LogP contribution < -0.4 is 0 Å². The molecule has 0 bridgehead atoms. The van der Waals surface area contributed by atoms with Crippen LogP contribution in [-0.4, -0.2) is 23.4 Å². The maximum absolute atomic E-state index is 11.0. The number of ether oxygens (including phenoxy) is 1. The Labute approximate surface area is 111 Å². The van der Waals surface area contributed by atoms with Crippen molar-refractivity contribution in [1.29, 1.82) is 0 Å². The van der Waals surface area contributed by atoms with Crippen molar-refractivity contribution in [3.63, 3.8) is 0 Å². The monoisotopic (exact) mass is 264 g/mol. The van der Waals surface area contributed by atoms with Gasteiger partial charge in [-0.05, 0) is 35.8 Å². The van der Waals surface area contributed by atoms with Crippen LogP contribution >= 0.6 is 11.8 Å². The van der Waals surface area contributed by atoms with E-state index in [-0.39, 0.29) is 6.42 Å². The number of benzene rings is 1. The molecule has 1 atom stereocenters. The summed E-state index contributed by atoms with van der Waals surface area (Å²) in [5.41, 5.74) is 1.82. The lowest BCUT2D eigenvalue weighted by molar-refractivity contribution is -0.176. The van der Waals surface area contributed by atoms with Crippen LogP contribution in [0.1, 0.15) is 30.4 Å². The first-order chi connectivity index (χ1) is 8.70. The molecule has 0 saturated carbocycles. The molecule has 1 unspecified atom stereocenters. The lowest BCUT2D eigenvalue weighted by Gasteiger charge is -2.41. The molecule has 0 aliphatic carbocycles. The molecule has 2 heterocycles. The van der Waals surface area contributed by atoms with Gasteiger partial charge in [-0.1, -0.05) is 12.1 Å². The van der Waals surface area contributed by atoms with Crippen LogP contribution in [0.2, 0.25) is 0 Å². The molecule has 1 aromatic carbocycles. The van der Waals surface area contributed by atoms with E-state index in [2.05, 4.69) is 12.1 Å². The number of carboxylic acid groups (broad SMARTS) is 1. The third-order valence-corrected chi connectivity index (χ3v) is 4.96. The Morgan fingerprint density at radius 1 is 1.50 bits per heavy atom. The van der Waals surface area contributed by atoms with Crippen LogP contribution in [0.25, 0.3) is 0 Å². The van der Waals surface area contributed by atoms with Gasteiger partial charge in [-0.25, -0.2) is 0 Å². The Kier molecular flexibility index (Phi) is 3.08. The molecule has 0 amide bonds. The first-order valence-electron chi connectivity index (χ1n) is 6.32. The average molecular weight is 264 g/mol. The lowest BCUT2D eigenvalue weighted by atomic mass is 9.82. The van der Waals surface area contributed by atoms with E-state index in [1.165, 1.54) is 22.6 Å². The van der Waals surface area contributed by atoms with Crippen LogP contribution in [0, 0.1) is 0 Å². The molecule has 3 nitrogen and oxygen atoms in total. The minimum absolute atomic E-state index is 0.0684.